The third-order valence-electron chi connectivity index (χ3n) is 3.85. The number of methoxy groups -OCH3 is 2. The minimum atomic E-state index is -0.209. The van der Waals surface area contributed by atoms with Gasteiger partial charge in [-0.25, -0.2) is 5.43 Å². The fraction of sp³-hybridized carbons (Fsp3) is 0.300. The average Bonchev–Trinajstić information content (AvgIpc) is 2.69. The Morgan fingerprint density at radius 2 is 1.77 bits per heavy atom. The van der Waals surface area contributed by atoms with Crippen LogP contribution in [0.2, 0.25) is 0 Å². The number of aryl methyl sites for hydroxylation is 1. The van der Waals surface area contributed by atoms with Crippen LogP contribution in [0.15, 0.2) is 53.6 Å². The first-order valence-corrected chi connectivity index (χ1v) is 8.44. The molecule has 6 nitrogen and oxygen atoms in total. The largest absolute Gasteiger partial charge is 0.497 e. The molecule has 0 bridgehead atoms. The summed E-state index contributed by atoms with van der Waals surface area (Å²) < 4.78 is 10.4. The molecule has 0 aliphatic heterocycles. The monoisotopic (exact) mass is 355 g/mol. The summed E-state index contributed by atoms with van der Waals surface area (Å²) >= 11 is 0. The fourth-order valence-electron chi connectivity index (χ4n) is 2.34. The molecule has 0 atom stereocenters. The summed E-state index contributed by atoms with van der Waals surface area (Å²) in [4.78, 5) is 11.9. The molecular weight excluding hydrogens is 330 g/mol. The maximum absolute atomic E-state index is 11.9. The molecule has 138 valence electrons. The second-order valence-electron chi connectivity index (χ2n) is 5.78. The summed E-state index contributed by atoms with van der Waals surface area (Å²) in [6.07, 6.45) is 1.63. The predicted molar refractivity (Wildman–Crippen MR) is 104 cm³/mol. The standard InChI is InChI=1S/C20H25N3O3/c1-15(8-9-16-10-12-17(25-2)13-11-16)22-23-20(24)14-21-18-6-4-5-7-19(18)26-3/h4-7,10-13,21H,8-9,14H2,1-3H3,(H,23,24)/b22-15-. The quantitative estimate of drug-likeness (QED) is 0.535. The molecule has 1 amide bonds. The fourth-order valence-corrected chi connectivity index (χ4v) is 2.34. The Morgan fingerprint density at radius 3 is 2.46 bits per heavy atom. The van der Waals surface area contributed by atoms with Gasteiger partial charge in [-0.3, -0.25) is 4.79 Å². The van der Waals surface area contributed by atoms with Crippen molar-refractivity contribution in [3.8, 4) is 11.5 Å². The number of rotatable bonds is 9. The van der Waals surface area contributed by atoms with Gasteiger partial charge < -0.3 is 14.8 Å². The highest BCUT2D eigenvalue weighted by Crippen LogP contribution is 2.22. The van der Waals surface area contributed by atoms with Crippen LogP contribution in [0.5, 0.6) is 11.5 Å². The lowest BCUT2D eigenvalue weighted by Gasteiger charge is -2.10. The van der Waals surface area contributed by atoms with Crippen LogP contribution < -0.4 is 20.2 Å². The Labute approximate surface area is 154 Å². The summed E-state index contributed by atoms with van der Waals surface area (Å²) in [5.41, 5.74) is 5.40. The molecular formula is C20H25N3O3. The van der Waals surface area contributed by atoms with Gasteiger partial charge >= 0.3 is 0 Å². The number of amides is 1. The SMILES string of the molecule is COc1ccc(CC/C(C)=N\NC(=O)CNc2ccccc2OC)cc1. The maximum atomic E-state index is 11.9. The topological polar surface area (TPSA) is 72.0 Å². The number of ether oxygens (including phenoxy) is 2. The van der Waals surface area contributed by atoms with E-state index in [9.17, 15) is 4.79 Å². The van der Waals surface area contributed by atoms with Crippen molar-refractivity contribution in [2.45, 2.75) is 19.8 Å². The number of nitrogens with zero attached hydrogens (tertiary/aromatic N) is 1. The molecule has 0 aromatic heterocycles. The van der Waals surface area contributed by atoms with E-state index in [0.29, 0.717) is 5.75 Å². The first-order valence-electron chi connectivity index (χ1n) is 8.44. The van der Waals surface area contributed by atoms with Crippen LogP contribution >= 0.6 is 0 Å². The summed E-state index contributed by atoms with van der Waals surface area (Å²) in [5.74, 6) is 1.33. The Morgan fingerprint density at radius 1 is 1.04 bits per heavy atom. The van der Waals surface area contributed by atoms with Gasteiger partial charge in [0.1, 0.15) is 11.5 Å². The number of hydrogen-bond acceptors (Lipinski definition) is 5. The lowest BCUT2D eigenvalue weighted by molar-refractivity contribution is -0.119. The molecule has 2 aromatic carbocycles. The van der Waals surface area contributed by atoms with Gasteiger partial charge in [0.05, 0.1) is 26.5 Å². The maximum Gasteiger partial charge on any atom is 0.259 e. The van der Waals surface area contributed by atoms with E-state index in [4.69, 9.17) is 9.47 Å². The molecule has 6 heteroatoms. The molecule has 0 radical (unpaired) electrons. The number of benzene rings is 2. The highest BCUT2D eigenvalue weighted by atomic mass is 16.5. The van der Waals surface area contributed by atoms with E-state index < -0.39 is 0 Å². The van der Waals surface area contributed by atoms with Crippen molar-refractivity contribution < 1.29 is 14.3 Å². The Balaban J connectivity index is 1.75. The summed E-state index contributed by atoms with van der Waals surface area (Å²) in [6, 6.07) is 15.4. The van der Waals surface area contributed by atoms with Gasteiger partial charge in [0.25, 0.3) is 5.91 Å². The van der Waals surface area contributed by atoms with E-state index in [-0.39, 0.29) is 12.5 Å². The van der Waals surface area contributed by atoms with Gasteiger partial charge in [0.2, 0.25) is 0 Å². The highest BCUT2D eigenvalue weighted by Gasteiger charge is 2.04. The van der Waals surface area contributed by atoms with Gasteiger partial charge in [-0.15, -0.1) is 0 Å². The van der Waals surface area contributed by atoms with Crippen LogP contribution in [0.3, 0.4) is 0 Å². The minimum Gasteiger partial charge on any atom is -0.497 e. The Kier molecular flexibility index (Phi) is 7.49. The smallest absolute Gasteiger partial charge is 0.259 e. The zero-order valence-corrected chi connectivity index (χ0v) is 15.4. The number of carbonyl (C=O) groups is 1. The summed E-state index contributed by atoms with van der Waals surface area (Å²) in [6.45, 7) is 2.02. The van der Waals surface area contributed by atoms with Crippen molar-refractivity contribution in [1.82, 2.24) is 5.43 Å². The van der Waals surface area contributed by atoms with Crippen molar-refractivity contribution in [3.05, 3.63) is 54.1 Å². The first kappa shape index (κ1) is 19.3. The highest BCUT2D eigenvalue weighted by molar-refractivity contribution is 5.86. The van der Waals surface area contributed by atoms with Crippen molar-refractivity contribution in [2.24, 2.45) is 5.10 Å². The third kappa shape index (κ3) is 6.12. The molecule has 0 spiro atoms. The molecule has 0 unspecified atom stereocenters. The zero-order valence-electron chi connectivity index (χ0n) is 15.4. The van der Waals surface area contributed by atoms with Gasteiger partial charge in [0.15, 0.2) is 0 Å². The normalized spacial score (nSPS) is 11.0. The molecule has 2 aromatic rings. The summed E-state index contributed by atoms with van der Waals surface area (Å²) in [7, 11) is 3.24. The lowest BCUT2D eigenvalue weighted by atomic mass is 10.1. The predicted octanol–water partition coefficient (Wildman–Crippen LogP) is 3.24. The van der Waals surface area contributed by atoms with Gasteiger partial charge in [-0.1, -0.05) is 24.3 Å². The number of para-hydroxylation sites is 2. The Hall–Kier alpha value is -3.02. The first-order chi connectivity index (χ1) is 12.6. The molecule has 0 aliphatic rings. The van der Waals surface area contributed by atoms with Crippen molar-refractivity contribution in [2.75, 3.05) is 26.1 Å². The zero-order chi connectivity index (χ0) is 18.8. The van der Waals surface area contributed by atoms with Gasteiger partial charge in [-0.2, -0.15) is 5.10 Å². The van der Waals surface area contributed by atoms with Crippen molar-refractivity contribution in [3.63, 3.8) is 0 Å². The van der Waals surface area contributed by atoms with Crippen molar-refractivity contribution in [1.29, 1.82) is 0 Å². The van der Waals surface area contributed by atoms with E-state index in [2.05, 4.69) is 15.8 Å². The number of anilines is 1. The van der Waals surface area contributed by atoms with Crippen LogP contribution in [0.1, 0.15) is 18.9 Å². The van der Waals surface area contributed by atoms with Crippen LogP contribution in [0.25, 0.3) is 0 Å². The van der Waals surface area contributed by atoms with Crippen molar-refractivity contribution >= 4 is 17.3 Å². The van der Waals surface area contributed by atoms with E-state index in [1.54, 1.807) is 14.2 Å². The molecule has 2 N–H and O–H groups in total. The van der Waals surface area contributed by atoms with Gasteiger partial charge in [0, 0.05) is 5.71 Å². The molecule has 26 heavy (non-hydrogen) atoms. The van der Waals surface area contributed by atoms with Crippen LogP contribution in [0, 0.1) is 0 Å². The minimum absolute atomic E-state index is 0.121. The van der Waals surface area contributed by atoms with Crippen LogP contribution in [-0.2, 0) is 11.2 Å². The van der Waals surface area contributed by atoms with E-state index in [0.717, 1.165) is 30.0 Å². The molecule has 0 aliphatic carbocycles. The molecule has 0 saturated carbocycles. The molecule has 0 saturated heterocycles. The number of carbonyl (C=O) groups excluding carboxylic acids is 1. The third-order valence-corrected chi connectivity index (χ3v) is 3.85. The number of hydrogen-bond donors (Lipinski definition) is 2. The molecule has 0 heterocycles. The van der Waals surface area contributed by atoms with Gasteiger partial charge in [-0.05, 0) is 49.6 Å². The Bertz CT molecular complexity index is 742. The lowest BCUT2D eigenvalue weighted by Crippen LogP contribution is -2.26. The van der Waals surface area contributed by atoms with Crippen LogP contribution in [0.4, 0.5) is 5.69 Å². The van der Waals surface area contributed by atoms with E-state index >= 15 is 0 Å². The number of hydrazone groups is 1. The van der Waals surface area contributed by atoms with E-state index in [1.165, 1.54) is 5.56 Å². The second kappa shape index (κ2) is 10.1. The summed E-state index contributed by atoms with van der Waals surface area (Å²) in [5, 5.41) is 7.19. The van der Waals surface area contributed by atoms with E-state index in [1.807, 2.05) is 55.5 Å². The second-order valence-corrected chi connectivity index (χ2v) is 5.78. The van der Waals surface area contributed by atoms with Crippen LogP contribution in [-0.4, -0.2) is 32.4 Å². The molecule has 0 fully saturated rings. The number of nitrogens with one attached hydrogen (secondary N) is 2. The average molecular weight is 355 g/mol. The molecule has 2 rings (SSSR count).